The van der Waals surface area contributed by atoms with Crippen LogP contribution in [0.4, 0.5) is 8.78 Å². The molecule has 6 nitrogen and oxygen atoms in total. The molecule has 1 N–H and O–H groups in total. The lowest BCUT2D eigenvalue weighted by Gasteiger charge is -2.34. The first-order valence-corrected chi connectivity index (χ1v) is 8.87. The van der Waals surface area contributed by atoms with E-state index in [0.29, 0.717) is 19.1 Å². The van der Waals surface area contributed by atoms with Crippen LogP contribution in [0.2, 0.25) is 0 Å². The zero-order valence-corrected chi connectivity index (χ0v) is 14.3. The van der Waals surface area contributed by atoms with Gasteiger partial charge in [0.2, 0.25) is 11.8 Å². The first-order chi connectivity index (χ1) is 11.9. The average molecular weight is 354 g/mol. The predicted octanol–water partition coefficient (Wildman–Crippen LogP) is 1.03. The zero-order chi connectivity index (χ0) is 17.6. The van der Waals surface area contributed by atoms with Crippen molar-refractivity contribution in [1.82, 2.24) is 20.0 Å². The molecule has 4 rings (SSSR count). The second-order valence-electron chi connectivity index (χ2n) is 7.72. The van der Waals surface area contributed by atoms with Gasteiger partial charge in [0.1, 0.15) is 0 Å². The minimum atomic E-state index is -2.65. The van der Waals surface area contributed by atoms with E-state index in [4.69, 9.17) is 4.74 Å². The highest BCUT2D eigenvalue weighted by atomic mass is 19.3. The Kier molecular flexibility index (Phi) is 4.27. The van der Waals surface area contributed by atoms with Crippen LogP contribution in [0.3, 0.4) is 0 Å². The Hall–Kier alpha value is -1.54. The van der Waals surface area contributed by atoms with Gasteiger partial charge in [-0.25, -0.2) is 8.78 Å². The molecule has 1 aromatic heterocycles. The van der Waals surface area contributed by atoms with Crippen molar-refractivity contribution in [2.24, 2.45) is 24.8 Å². The molecule has 3 heterocycles. The smallest absolute Gasteiger partial charge is 0.249 e. The molecule has 0 aromatic carbocycles. The maximum atomic E-state index is 12.9. The first kappa shape index (κ1) is 16.9. The van der Waals surface area contributed by atoms with Crippen LogP contribution < -0.4 is 5.32 Å². The molecule has 0 radical (unpaired) electrons. The van der Waals surface area contributed by atoms with Crippen LogP contribution in [0, 0.1) is 17.8 Å². The summed E-state index contributed by atoms with van der Waals surface area (Å²) < 4.78 is 33.4. The van der Waals surface area contributed by atoms with E-state index in [2.05, 4.69) is 15.3 Å². The number of carbonyl (C=O) groups is 1. The maximum absolute atomic E-state index is 12.9. The number of amides is 1. The minimum absolute atomic E-state index is 0.201. The van der Waals surface area contributed by atoms with E-state index in [9.17, 15) is 13.6 Å². The molecule has 1 aromatic rings. The molecule has 138 valence electrons. The van der Waals surface area contributed by atoms with E-state index in [1.807, 2.05) is 19.4 Å². The molecule has 1 amide bonds. The Labute approximate surface area is 145 Å². The van der Waals surface area contributed by atoms with Gasteiger partial charge >= 0.3 is 0 Å². The molecule has 0 unspecified atom stereocenters. The molecule has 3 fully saturated rings. The fourth-order valence-corrected chi connectivity index (χ4v) is 4.25. The summed E-state index contributed by atoms with van der Waals surface area (Å²) in [5, 5.41) is 7.05. The van der Waals surface area contributed by atoms with Crippen molar-refractivity contribution < 1.29 is 18.3 Å². The number of nitrogens with zero attached hydrogens (tertiary/aromatic N) is 3. The summed E-state index contributed by atoms with van der Waals surface area (Å²) in [7, 11) is 1.90. The predicted molar refractivity (Wildman–Crippen MR) is 85.9 cm³/mol. The molecule has 2 saturated heterocycles. The second kappa shape index (κ2) is 6.32. The lowest BCUT2D eigenvalue weighted by atomic mass is 9.80. The number of aryl methyl sites for hydroxylation is 1. The van der Waals surface area contributed by atoms with Gasteiger partial charge in [0.25, 0.3) is 0 Å². The third-order valence-corrected chi connectivity index (χ3v) is 5.68. The molecular formula is C17H24F2N4O2. The van der Waals surface area contributed by atoms with Crippen molar-refractivity contribution in [1.29, 1.82) is 0 Å². The summed E-state index contributed by atoms with van der Waals surface area (Å²) in [6.45, 7) is 3.82. The van der Waals surface area contributed by atoms with E-state index in [0.717, 1.165) is 19.6 Å². The van der Waals surface area contributed by atoms with Crippen LogP contribution in [0.1, 0.15) is 18.4 Å². The Morgan fingerprint density at radius 3 is 2.92 bits per heavy atom. The Bertz CT molecular complexity index is 642. The lowest BCUT2D eigenvalue weighted by molar-refractivity contribution is -0.150. The fraction of sp³-hybridized carbons (Fsp3) is 0.765. The summed E-state index contributed by atoms with van der Waals surface area (Å²) in [6, 6.07) is 0. The van der Waals surface area contributed by atoms with Gasteiger partial charge in [0.15, 0.2) is 0 Å². The molecule has 0 spiro atoms. The Morgan fingerprint density at radius 1 is 1.44 bits per heavy atom. The standard InChI is InChI=1S/C17H24F2N4O2/c1-22-6-11(4-21-22)7-23-8-14-13(10-25-15(14)9-23)5-20-16(24)12-2-17(18,19)3-12/h4,6,12-15H,2-3,5,7-10H2,1H3,(H,20,24)/t13-,14-,15-/m0/s1. The molecule has 0 bridgehead atoms. The van der Waals surface area contributed by atoms with Crippen LogP contribution in [-0.2, 0) is 23.1 Å². The highest BCUT2D eigenvalue weighted by Crippen LogP contribution is 2.42. The fourth-order valence-electron chi connectivity index (χ4n) is 4.25. The van der Waals surface area contributed by atoms with Crippen molar-refractivity contribution in [2.75, 3.05) is 26.2 Å². The highest BCUT2D eigenvalue weighted by Gasteiger charge is 2.49. The van der Waals surface area contributed by atoms with E-state index in [1.54, 1.807) is 4.68 Å². The number of likely N-dealkylation sites (tertiary alicyclic amines) is 1. The summed E-state index contributed by atoms with van der Waals surface area (Å²) in [5.41, 5.74) is 1.18. The van der Waals surface area contributed by atoms with E-state index < -0.39 is 11.8 Å². The van der Waals surface area contributed by atoms with Crippen LogP contribution in [0.25, 0.3) is 0 Å². The van der Waals surface area contributed by atoms with Gasteiger partial charge in [-0.05, 0) is 0 Å². The molecular weight excluding hydrogens is 330 g/mol. The number of fused-ring (bicyclic) bond motifs is 1. The lowest BCUT2D eigenvalue weighted by Crippen LogP contribution is -2.46. The second-order valence-corrected chi connectivity index (χ2v) is 7.72. The third-order valence-electron chi connectivity index (χ3n) is 5.68. The van der Waals surface area contributed by atoms with Crippen molar-refractivity contribution >= 4 is 5.91 Å². The molecule has 1 aliphatic carbocycles. The minimum Gasteiger partial charge on any atom is -0.376 e. The largest absolute Gasteiger partial charge is 0.376 e. The first-order valence-electron chi connectivity index (χ1n) is 8.87. The van der Waals surface area contributed by atoms with E-state index in [1.165, 1.54) is 5.56 Å². The van der Waals surface area contributed by atoms with Crippen molar-refractivity contribution in [2.45, 2.75) is 31.4 Å². The van der Waals surface area contributed by atoms with E-state index in [-0.39, 0.29) is 30.8 Å². The number of alkyl halides is 2. The number of aromatic nitrogens is 2. The molecule has 2 aliphatic heterocycles. The van der Waals surface area contributed by atoms with E-state index >= 15 is 0 Å². The zero-order valence-electron chi connectivity index (χ0n) is 14.3. The number of ether oxygens (including phenoxy) is 1. The quantitative estimate of drug-likeness (QED) is 0.858. The Morgan fingerprint density at radius 2 is 2.24 bits per heavy atom. The highest BCUT2D eigenvalue weighted by molar-refractivity contribution is 5.79. The van der Waals surface area contributed by atoms with Crippen LogP contribution in [0.5, 0.6) is 0 Å². The number of rotatable bonds is 5. The summed E-state index contributed by atoms with van der Waals surface area (Å²) in [5.74, 6) is -2.77. The topological polar surface area (TPSA) is 59.4 Å². The summed E-state index contributed by atoms with van der Waals surface area (Å²) in [4.78, 5) is 14.3. The average Bonchev–Trinajstić information content (AvgIpc) is 3.19. The van der Waals surface area contributed by atoms with Crippen molar-refractivity contribution in [3.63, 3.8) is 0 Å². The van der Waals surface area contributed by atoms with Gasteiger partial charge in [-0.3, -0.25) is 14.4 Å². The van der Waals surface area contributed by atoms with Gasteiger partial charge in [0, 0.05) is 75.6 Å². The van der Waals surface area contributed by atoms with Gasteiger partial charge in [0.05, 0.1) is 18.9 Å². The van der Waals surface area contributed by atoms with Crippen LogP contribution >= 0.6 is 0 Å². The van der Waals surface area contributed by atoms with Crippen LogP contribution in [0.15, 0.2) is 12.4 Å². The monoisotopic (exact) mass is 354 g/mol. The third kappa shape index (κ3) is 3.55. The normalized spacial score (nSPS) is 31.7. The number of halogens is 2. The van der Waals surface area contributed by atoms with Gasteiger partial charge in [-0.1, -0.05) is 0 Å². The van der Waals surface area contributed by atoms with Crippen molar-refractivity contribution in [3.05, 3.63) is 18.0 Å². The number of hydrogen-bond donors (Lipinski definition) is 1. The molecule has 1 saturated carbocycles. The van der Waals surface area contributed by atoms with Gasteiger partial charge in [-0.2, -0.15) is 5.10 Å². The number of nitrogens with one attached hydrogen (secondary N) is 1. The Balaban J connectivity index is 1.25. The molecule has 25 heavy (non-hydrogen) atoms. The van der Waals surface area contributed by atoms with Crippen LogP contribution in [-0.4, -0.2) is 58.9 Å². The maximum Gasteiger partial charge on any atom is 0.249 e. The molecule has 8 heteroatoms. The van der Waals surface area contributed by atoms with Gasteiger partial charge < -0.3 is 10.1 Å². The molecule has 3 atom stereocenters. The summed E-state index contributed by atoms with van der Waals surface area (Å²) in [6.07, 6.45) is 3.46. The SMILES string of the molecule is Cn1cc(CN2C[C@H]3[C@@H](CNC(=O)C4CC(F)(F)C4)CO[C@H]3C2)cn1. The van der Waals surface area contributed by atoms with Gasteiger partial charge in [-0.15, -0.1) is 0 Å². The molecule has 3 aliphatic rings. The van der Waals surface area contributed by atoms with Crippen molar-refractivity contribution in [3.8, 4) is 0 Å². The number of hydrogen-bond acceptors (Lipinski definition) is 4. The summed E-state index contributed by atoms with van der Waals surface area (Å²) >= 11 is 0. The number of carbonyl (C=O) groups excluding carboxylic acids is 1.